The van der Waals surface area contributed by atoms with Crippen LogP contribution in [0, 0.1) is 6.92 Å². The molecule has 3 nitrogen and oxygen atoms in total. The van der Waals surface area contributed by atoms with E-state index >= 15 is 0 Å². The number of nitrogens with zero attached hydrogens (tertiary/aromatic N) is 2. The summed E-state index contributed by atoms with van der Waals surface area (Å²) < 4.78 is 5.10. The molecule has 0 saturated heterocycles. The molecule has 0 unspecified atom stereocenters. The molecule has 0 aliphatic rings. The van der Waals surface area contributed by atoms with Crippen molar-refractivity contribution in [3.63, 3.8) is 0 Å². The first-order chi connectivity index (χ1) is 6.25. The molecule has 2 heterocycles. The maximum Gasteiger partial charge on any atom is 0.292 e. The lowest BCUT2D eigenvalue weighted by molar-refractivity contribution is 0.572. The molecular formula is C9H7ClN2O. The molecule has 4 heteroatoms. The van der Waals surface area contributed by atoms with Crippen LogP contribution in [0.25, 0.3) is 11.5 Å². The Morgan fingerprint density at radius 1 is 1.23 bits per heavy atom. The van der Waals surface area contributed by atoms with Gasteiger partial charge in [0.1, 0.15) is 5.69 Å². The van der Waals surface area contributed by atoms with Crippen LogP contribution in [0.2, 0.25) is 5.35 Å². The van der Waals surface area contributed by atoms with Crippen molar-refractivity contribution in [1.29, 1.82) is 0 Å². The minimum absolute atomic E-state index is 0.136. The van der Waals surface area contributed by atoms with E-state index in [1.807, 2.05) is 19.1 Å². The molecule has 13 heavy (non-hydrogen) atoms. The number of hydrogen-bond donors (Lipinski definition) is 0. The van der Waals surface area contributed by atoms with E-state index in [1.165, 1.54) is 0 Å². The molecule has 2 rings (SSSR count). The third-order valence-corrected chi connectivity index (χ3v) is 1.82. The van der Waals surface area contributed by atoms with Gasteiger partial charge in [0.05, 0.1) is 6.20 Å². The fraction of sp³-hybridized carbons (Fsp3) is 0.111. The van der Waals surface area contributed by atoms with Crippen molar-refractivity contribution in [2.45, 2.75) is 6.92 Å². The van der Waals surface area contributed by atoms with E-state index < -0.39 is 0 Å². The van der Waals surface area contributed by atoms with Gasteiger partial charge in [-0.2, -0.15) is 0 Å². The van der Waals surface area contributed by atoms with Crippen molar-refractivity contribution in [3.8, 4) is 11.5 Å². The Hall–Kier alpha value is -1.35. The SMILES string of the molecule is Cc1ccc(-c2cnc(Cl)o2)nc1. The van der Waals surface area contributed by atoms with Gasteiger partial charge in [-0.25, -0.2) is 4.98 Å². The third kappa shape index (κ3) is 1.70. The number of halogens is 1. The average Bonchev–Trinajstić information content (AvgIpc) is 2.53. The van der Waals surface area contributed by atoms with Crippen molar-refractivity contribution >= 4 is 11.6 Å². The van der Waals surface area contributed by atoms with Gasteiger partial charge in [-0.1, -0.05) is 6.07 Å². The lowest BCUT2D eigenvalue weighted by Gasteiger charge is -1.94. The van der Waals surface area contributed by atoms with E-state index in [9.17, 15) is 0 Å². The molecule has 0 saturated carbocycles. The zero-order chi connectivity index (χ0) is 9.26. The van der Waals surface area contributed by atoms with Gasteiger partial charge in [-0.05, 0) is 30.2 Å². The second-order valence-corrected chi connectivity index (χ2v) is 3.02. The van der Waals surface area contributed by atoms with Crippen molar-refractivity contribution in [2.24, 2.45) is 0 Å². The molecule has 0 aliphatic heterocycles. The van der Waals surface area contributed by atoms with Gasteiger partial charge < -0.3 is 4.42 Å². The summed E-state index contributed by atoms with van der Waals surface area (Å²) in [6.45, 7) is 1.98. The molecule has 0 fully saturated rings. The van der Waals surface area contributed by atoms with Gasteiger partial charge in [-0.15, -0.1) is 0 Å². The van der Waals surface area contributed by atoms with Crippen LogP contribution in [-0.4, -0.2) is 9.97 Å². The van der Waals surface area contributed by atoms with Crippen LogP contribution in [0.1, 0.15) is 5.56 Å². The lowest BCUT2D eigenvalue weighted by Crippen LogP contribution is -1.80. The minimum Gasteiger partial charge on any atom is -0.426 e. The van der Waals surface area contributed by atoms with Gasteiger partial charge in [-0.3, -0.25) is 4.98 Å². The zero-order valence-electron chi connectivity index (χ0n) is 6.99. The molecule has 0 radical (unpaired) electrons. The Balaban J connectivity index is 2.41. The van der Waals surface area contributed by atoms with E-state index in [1.54, 1.807) is 12.4 Å². The molecule has 0 bridgehead atoms. The van der Waals surface area contributed by atoms with E-state index in [0.29, 0.717) is 5.76 Å². The summed E-state index contributed by atoms with van der Waals surface area (Å²) in [6.07, 6.45) is 3.33. The van der Waals surface area contributed by atoms with Gasteiger partial charge >= 0.3 is 0 Å². The number of oxazole rings is 1. The van der Waals surface area contributed by atoms with Crippen molar-refractivity contribution < 1.29 is 4.42 Å². The van der Waals surface area contributed by atoms with E-state index in [-0.39, 0.29) is 5.35 Å². The highest BCUT2D eigenvalue weighted by atomic mass is 35.5. The van der Waals surface area contributed by atoms with Crippen LogP contribution in [0.15, 0.2) is 28.9 Å². The highest BCUT2D eigenvalue weighted by Gasteiger charge is 2.04. The number of rotatable bonds is 1. The van der Waals surface area contributed by atoms with Crippen molar-refractivity contribution in [1.82, 2.24) is 9.97 Å². The van der Waals surface area contributed by atoms with E-state index in [0.717, 1.165) is 11.3 Å². The Bertz CT molecular complexity index is 408. The molecule has 0 aliphatic carbocycles. The third-order valence-electron chi connectivity index (χ3n) is 1.64. The van der Waals surface area contributed by atoms with Gasteiger partial charge in [0.2, 0.25) is 0 Å². The summed E-state index contributed by atoms with van der Waals surface area (Å²) in [7, 11) is 0. The summed E-state index contributed by atoms with van der Waals surface area (Å²) in [5, 5.41) is 0.136. The first kappa shape index (κ1) is 8.26. The van der Waals surface area contributed by atoms with Crippen LogP contribution >= 0.6 is 11.6 Å². The Morgan fingerprint density at radius 3 is 2.62 bits per heavy atom. The normalized spacial score (nSPS) is 10.3. The second kappa shape index (κ2) is 3.18. The standard InChI is InChI=1S/C9H7ClN2O/c1-6-2-3-7(11-4-6)8-5-12-9(10)13-8/h2-5H,1H3. The fourth-order valence-electron chi connectivity index (χ4n) is 0.985. The lowest BCUT2D eigenvalue weighted by atomic mass is 10.2. The molecular weight excluding hydrogens is 188 g/mol. The molecule has 66 valence electrons. The molecule has 0 N–H and O–H groups in total. The first-order valence-corrected chi connectivity index (χ1v) is 4.18. The van der Waals surface area contributed by atoms with Crippen LogP contribution < -0.4 is 0 Å². The smallest absolute Gasteiger partial charge is 0.292 e. The summed E-state index contributed by atoms with van der Waals surface area (Å²) in [5.74, 6) is 0.588. The highest BCUT2D eigenvalue weighted by molar-refractivity contribution is 6.27. The predicted molar refractivity (Wildman–Crippen MR) is 49.5 cm³/mol. The monoisotopic (exact) mass is 194 g/mol. The maximum absolute atomic E-state index is 5.54. The Kier molecular flexibility index (Phi) is 2.02. The summed E-state index contributed by atoms with van der Waals surface area (Å²) in [5.41, 5.74) is 1.85. The molecule has 2 aromatic rings. The summed E-state index contributed by atoms with van der Waals surface area (Å²) in [4.78, 5) is 7.94. The molecule has 2 aromatic heterocycles. The molecule has 0 aromatic carbocycles. The van der Waals surface area contributed by atoms with Crippen LogP contribution in [0.4, 0.5) is 0 Å². The van der Waals surface area contributed by atoms with Gasteiger partial charge in [0.15, 0.2) is 5.76 Å². The average molecular weight is 195 g/mol. The van der Waals surface area contributed by atoms with Gasteiger partial charge in [0, 0.05) is 6.20 Å². The molecule has 0 spiro atoms. The number of aromatic nitrogens is 2. The van der Waals surface area contributed by atoms with E-state index in [2.05, 4.69) is 9.97 Å². The Labute approximate surface area is 80.4 Å². The summed E-state index contributed by atoms with van der Waals surface area (Å²) >= 11 is 5.54. The highest BCUT2D eigenvalue weighted by Crippen LogP contribution is 2.19. The minimum atomic E-state index is 0.136. The topological polar surface area (TPSA) is 38.9 Å². The molecule has 0 atom stereocenters. The predicted octanol–water partition coefficient (Wildman–Crippen LogP) is 2.70. The van der Waals surface area contributed by atoms with E-state index in [4.69, 9.17) is 16.0 Å². The van der Waals surface area contributed by atoms with Crippen molar-refractivity contribution in [3.05, 3.63) is 35.4 Å². The number of aryl methyl sites for hydroxylation is 1. The molecule has 0 amide bonds. The largest absolute Gasteiger partial charge is 0.426 e. The summed E-state index contributed by atoms with van der Waals surface area (Å²) in [6, 6.07) is 3.82. The first-order valence-electron chi connectivity index (χ1n) is 3.80. The second-order valence-electron chi connectivity index (χ2n) is 2.70. The quantitative estimate of drug-likeness (QED) is 0.701. The Morgan fingerprint density at radius 2 is 2.08 bits per heavy atom. The maximum atomic E-state index is 5.54. The zero-order valence-corrected chi connectivity index (χ0v) is 7.75. The number of hydrogen-bond acceptors (Lipinski definition) is 3. The number of pyridine rings is 1. The van der Waals surface area contributed by atoms with Crippen LogP contribution in [0.3, 0.4) is 0 Å². The van der Waals surface area contributed by atoms with Crippen molar-refractivity contribution in [2.75, 3.05) is 0 Å². The van der Waals surface area contributed by atoms with Crippen LogP contribution in [-0.2, 0) is 0 Å². The van der Waals surface area contributed by atoms with Crippen LogP contribution in [0.5, 0.6) is 0 Å². The van der Waals surface area contributed by atoms with Gasteiger partial charge in [0.25, 0.3) is 5.35 Å². The fourth-order valence-corrected chi connectivity index (χ4v) is 1.12.